The van der Waals surface area contributed by atoms with Crippen LogP contribution in [0.4, 0.5) is 17.3 Å². The number of anilines is 3. The van der Waals surface area contributed by atoms with Gasteiger partial charge in [-0.1, -0.05) is 36.3 Å². The van der Waals surface area contributed by atoms with Crippen LogP contribution in [0.5, 0.6) is 11.5 Å². The lowest BCUT2D eigenvalue weighted by molar-refractivity contribution is 0.415. The van der Waals surface area contributed by atoms with Gasteiger partial charge < -0.3 is 19.3 Å². The van der Waals surface area contributed by atoms with Gasteiger partial charge >= 0.3 is 0 Å². The van der Waals surface area contributed by atoms with Crippen molar-refractivity contribution in [2.24, 2.45) is 0 Å². The van der Waals surface area contributed by atoms with Gasteiger partial charge in [0.05, 0.1) is 30.2 Å². The standard InChI is InChI=1S/C26H25N5O5S/c1-4-18-13-25(29-28-18)27-22-15-23-21(14-24(22)35-3)26(30-36-23)31-37(32,33)20-7-5-6-17(12-20)16-8-10-19(34-2)11-9-16/h5-15H,4H2,1-3H3,(H,30,31)(H2,27,28,29). The Bertz CT molecular complexity index is 1660. The third kappa shape index (κ3) is 4.94. The highest BCUT2D eigenvalue weighted by Crippen LogP contribution is 2.36. The highest BCUT2D eigenvalue weighted by atomic mass is 32.2. The molecule has 5 rings (SSSR count). The number of nitrogens with zero attached hydrogens (tertiary/aromatic N) is 2. The number of hydrogen-bond donors (Lipinski definition) is 3. The maximum atomic E-state index is 13.3. The molecule has 3 N–H and O–H groups in total. The zero-order valence-corrected chi connectivity index (χ0v) is 21.2. The maximum Gasteiger partial charge on any atom is 0.263 e. The highest BCUT2D eigenvalue weighted by molar-refractivity contribution is 7.92. The number of methoxy groups -OCH3 is 2. The largest absolute Gasteiger partial charge is 0.497 e. The van der Waals surface area contributed by atoms with E-state index in [9.17, 15) is 8.42 Å². The number of rotatable bonds is 9. The SMILES string of the molecule is CCc1cc(Nc2cc3onc(NS(=O)(=O)c4cccc(-c5ccc(OC)cc5)c4)c3cc2OC)n[nH]1. The molecule has 0 saturated heterocycles. The molecule has 0 atom stereocenters. The van der Waals surface area contributed by atoms with Gasteiger partial charge in [-0.05, 0) is 47.9 Å². The van der Waals surface area contributed by atoms with Crippen LogP contribution in [0.3, 0.4) is 0 Å². The Morgan fingerprint density at radius 2 is 1.78 bits per heavy atom. The van der Waals surface area contributed by atoms with Crippen LogP contribution in [0.2, 0.25) is 0 Å². The molecule has 10 nitrogen and oxygen atoms in total. The monoisotopic (exact) mass is 519 g/mol. The fraction of sp³-hybridized carbons (Fsp3) is 0.154. The van der Waals surface area contributed by atoms with Crippen molar-refractivity contribution in [2.75, 3.05) is 24.3 Å². The fourth-order valence-electron chi connectivity index (χ4n) is 3.86. The van der Waals surface area contributed by atoms with E-state index in [2.05, 4.69) is 25.4 Å². The van der Waals surface area contributed by atoms with Gasteiger partial charge in [0.1, 0.15) is 11.5 Å². The molecule has 0 bridgehead atoms. The third-order valence-corrected chi connectivity index (χ3v) is 7.20. The summed E-state index contributed by atoms with van der Waals surface area (Å²) in [5.74, 6) is 1.86. The number of H-pyrrole nitrogens is 1. The molecule has 37 heavy (non-hydrogen) atoms. The van der Waals surface area contributed by atoms with Crippen molar-refractivity contribution >= 4 is 38.3 Å². The molecule has 11 heteroatoms. The Hall–Kier alpha value is -4.51. The van der Waals surface area contributed by atoms with Gasteiger partial charge in [0.25, 0.3) is 10.0 Å². The van der Waals surface area contributed by atoms with Gasteiger partial charge in [-0.15, -0.1) is 0 Å². The van der Waals surface area contributed by atoms with Gasteiger partial charge in [0, 0.05) is 17.8 Å². The zero-order chi connectivity index (χ0) is 26.0. The first-order valence-corrected chi connectivity index (χ1v) is 12.9. The predicted molar refractivity (Wildman–Crippen MR) is 141 cm³/mol. The van der Waals surface area contributed by atoms with Crippen LogP contribution >= 0.6 is 0 Å². The molecule has 0 aliphatic carbocycles. The van der Waals surface area contributed by atoms with E-state index in [0.717, 1.165) is 29.0 Å². The van der Waals surface area contributed by atoms with E-state index in [0.29, 0.717) is 28.2 Å². The van der Waals surface area contributed by atoms with Crippen molar-refractivity contribution in [2.45, 2.75) is 18.2 Å². The Labute approximate surface area is 213 Å². The van der Waals surface area contributed by atoms with Crippen molar-refractivity contribution < 1.29 is 22.4 Å². The number of nitrogens with one attached hydrogen (secondary N) is 3. The average Bonchev–Trinajstić information content (AvgIpc) is 3.54. The normalized spacial score (nSPS) is 11.4. The second-order valence-electron chi connectivity index (χ2n) is 8.20. The molecule has 3 aromatic carbocycles. The van der Waals surface area contributed by atoms with E-state index in [1.165, 1.54) is 13.2 Å². The third-order valence-electron chi connectivity index (χ3n) is 5.87. The number of hydrogen-bond acceptors (Lipinski definition) is 8. The molecule has 190 valence electrons. The van der Waals surface area contributed by atoms with E-state index in [1.54, 1.807) is 31.4 Å². The van der Waals surface area contributed by atoms with Crippen LogP contribution in [-0.4, -0.2) is 38.0 Å². The lowest BCUT2D eigenvalue weighted by Gasteiger charge is -2.10. The van der Waals surface area contributed by atoms with Gasteiger partial charge in [-0.2, -0.15) is 5.10 Å². The minimum atomic E-state index is -3.96. The van der Waals surface area contributed by atoms with Crippen LogP contribution in [0.15, 0.2) is 76.1 Å². The molecule has 0 spiro atoms. The molecule has 2 heterocycles. The first-order valence-electron chi connectivity index (χ1n) is 11.5. The molecule has 0 unspecified atom stereocenters. The summed E-state index contributed by atoms with van der Waals surface area (Å²) in [4.78, 5) is 0.0903. The molecule has 0 aliphatic heterocycles. The Morgan fingerprint density at radius 1 is 0.973 bits per heavy atom. The van der Waals surface area contributed by atoms with Crippen LogP contribution in [-0.2, 0) is 16.4 Å². The van der Waals surface area contributed by atoms with E-state index < -0.39 is 10.0 Å². The number of aromatic nitrogens is 3. The summed E-state index contributed by atoms with van der Waals surface area (Å²) in [6.07, 6.45) is 0.819. The summed E-state index contributed by atoms with van der Waals surface area (Å²) in [5.41, 5.74) is 3.56. The van der Waals surface area contributed by atoms with Crippen LogP contribution < -0.4 is 19.5 Å². The number of sulfonamides is 1. The zero-order valence-electron chi connectivity index (χ0n) is 20.4. The lowest BCUT2D eigenvalue weighted by atomic mass is 10.1. The average molecular weight is 520 g/mol. The second kappa shape index (κ2) is 9.86. The summed E-state index contributed by atoms with van der Waals surface area (Å²) in [6, 6.07) is 19.3. The maximum absolute atomic E-state index is 13.3. The molecule has 0 aliphatic rings. The summed E-state index contributed by atoms with van der Waals surface area (Å²) in [5, 5.41) is 14.8. The van der Waals surface area contributed by atoms with Crippen molar-refractivity contribution in [3.8, 4) is 22.6 Å². The van der Waals surface area contributed by atoms with Crippen LogP contribution in [0.1, 0.15) is 12.6 Å². The van der Waals surface area contributed by atoms with Gasteiger partial charge in [-0.3, -0.25) is 9.82 Å². The van der Waals surface area contributed by atoms with E-state index in [-0.39, 0.29) is 10.7 Å². The Morgan fingerprint density at radius 3 is 2.49 bits per heavy atom. The lowest BCUT2D eigenvalue weighted by Crippen LogP contribution is -2.13. The molecular formula is C26H25N5O5S. The summed E-state index contributed by atoms with van der Waals surface area (Å²) < 4.78 is 45.2. The summed E-state index contributed by atoms with van der Waals surface area (Å²) >= 11 is 0. The molecular weight excluding hydrogens is 494 g/mol. The predicted octanol–water partition coefficient (Wildman–Crippen LogP) is 5.34. The van der Waals surface area contributed by atoms with E-state index in [4.69, 9.17) is 14.0 Å². The number of ether oxygens (including phenoxy) is 2. The molecule has 0 saturated carbocycles. The van der Waals surface area contributed by atoms with Crippen molar-refractivity contribution in [1.82, 2.24) is 15.4 Å². The smallest absolute Gasteiger partial charge is 0.263 e. The first-order chi connectivity index (χ1) is 17.9. The first kappa shape index (κ1) is 24.2. The van der Waals surface area contributed by atoms with E-state index in [1.807, 2.05) is 43.3 Å². The minimum Gasteiger partial charge on any atom is -0.497 e. The van der Waals surface area contributed by atoms with Crippen LogP contribution in [0.25, 0.3) is 22.1 Å². The van der Waals surface area contributed by atoms with Crippen molar-refractivity contribution in [3.63, 3.8) is 0 Å². The number of fused-ring (bicyclic) bond motifs is 1. The van der Waals surface area contributed by atoms with Crippen molar-refractivity contribution in [3.05, 3.63) is 72.4 Å². The minimum absolute atomic E-state index is 0.0581. The molecule has 0 amide bonds. The topological polar surface area (TPSA) is 131 Å². The highest BCUT2D eigenvalue weighted by Gasteiger charge is 2.21. The molecule has 0 radical (unpaired) electrons. The summed E-state index contributed by atoms with van der Waals surface area (Å²) in [6.45, 7) is 2.02. The Balaban J connectivity index is 1.43. The van der Waals surface area contributed by atoms with E-state index >= 15 is 0 Å². The van der Waals surface area contributed by atoms with Crippen LogP contribution in [0, 0.1) is 0 Å². The van der Waals surface area contributed by atoms with Gasteiger partial charge in [0.2, 0.25) is 0 Å². The molecule has 2 aromatic heterocycles. The van der Waals surface area contributed by atoms with Gasteiger partial charge in [0.15, 0.2) is 17.2 Å². The fourth-order valence-corrected chi connectivity index (χ4v) is 4.92. The number of benzene rings is 3. The Kier molecular flexibility index (Phi) is 6.45. The molecule has 5 aromatic rings. The van der Waals surface area contributed by atoms with Gasteiger partial charge in [-0.25, -0.2) is 8.42 Å². The quantitative estimate of drug-likeness (QED) is 0.238. The number of aryl methyl sites for hydroxylation is 1. The molecule has 0 fully saturated rings. The summed E-state index contributed by atoms with van der Waals surface area (Å²) in [7, 11) is -0.847. The number of aromatic amines is 1. The van der Waals surface area contributed by atoms with Crippen molar-refractivity contribution in [1.29, 1.82) is 0 Å². The second-order valence-corrected chi connectivity index (χ2v) is 9.88.